The number of nitrogens with zero attached hydrogens (tertiary/aromatic N) is 7. The summed E-state index contributed by atoms with van der Waals surface area (Å²) in [5.74, 6) is 0.331. The van der Waals surface area contributed by atoms with Gasteiger partial charge >= 0.3 is 12.4 Å². The van der Waals surface area contributed by atoms with Gasteiger partial charge in [0.25, 0.3) is 0 Å². The van der Waals surface area contributed by atoms with Crippen molar-refractivity contribution in [1.29, 1.82) is 0 Å². The topological polar surface area (TPSA) is 189 Å². The standard InChI is InChI=1S/C25H22F4N6O2.C17H21N5O2.C8H3F4NS.3CH4/c1-34-21-6-4-16(37-17-7-8-30-22(13-17)33-23(36)14-35-9-2-10-35)12-20(21)32-24(34)31-15-3-5-18(19(26)11-15)25(27,28)29;1-19-15-4-3-12(9-14(15)18)24-13-5-6-20-16(10-13)21-17(23)11-22-7-2-8-22;9-7-3-5(13-4-14)1-2-6(7)8(10,11)12;;;/h3-8,11-13H,2,9-10,14H2,1H3,(H,31,32)(H,30,33,36);3-6,9-10,19H,2,7-8,11,18H2,1H3,(H,20,21,23);1-3H;3*1H4. The number of aromatic nitrogens is 4. The molecular formula is C53H58F8N12O4S. The van der Waals surface area contributed by atoms with Gasteiger partial charge in [-0.15, -0.1) is 0 Å². The van der Waals surface area contributed by atoms with E-state index in [1.807, 2.05) is 29.2 Å². The fraction of sp³-hybridized carbons (Fsp3) is 0.283. The predicted octanol–water partition coefficient (Wildman–Crippen LogP) is 12.9. The first kappa shape index (κ1) is 62.3. The molecule has 0 bridgehead atoms. The van der Waals surface area contributed by atoms with Gasteiger partial charge in [-0.25, -0.2) is 23.7 Å². The number of thiocarbonyl (C=S) groups is 1. The van der Waals surface area contributed by atoms with Crippen molar-refractivity contribution < 1.29 is 54.2 Å². The maximum absolute atomic E-state index is 14.0. The van der Waals surface area contributed by atoms with E-state index >= 15 is 0 Å². The Labute approximate surface area is 450 Å². The highest BCUT2D eigenvalue weighted by molar-refractivity contribution is 7.78. The van der Waals surface area contributed by atoms with Crippen LogP contribution in [0.1, 0.15) is 46.2 Å². The summed E-state index contributed by atoms with van der Waals surface area (Å²) in [6, 6.07) is 22.2. The molecule has 0 aliphatic carbocycles. The van der Waals surface area contributed by atoms with Crippen LogP contribution in [-0.4, -0.2) is 92.6 Å². The monoisotopic (exact) mass is 1110 g/mol. The number of benzene rings is 4. The zero-order valence-electron chi connectivity index (χ0n) is 39.8. The minimum Gasteiger partial charge on any atom is -0.457 e. The number of nitrogens with two attached hydrogens (primary N) is 1. The number of carbonyl (C=O) groups excluding carboxylic acids is 2. The summed E-state index contributed by atoms with van der Waals surface area (Å²) in [4.78, 5) is 44.3. The van der Waals surface area contributed by atoms with Gasteiger partial charge < -0.3 is 41.0 Å². The zero-order chi connectivity index (χ0) is 53.9. The molecule has 0 spiro atoms. The highest BCUT2D eigenvalue weighted by Crippen LogP contribution is 2.35. The summed E-state index contributed by atoms with van der Waals surface area (Å²) in [5.41, 5.74) is 6.12. The number of aryl methyl sites for hydroxylation is 1. The predicted molar refractivity (Wildman–Crippen MR) is 290 cm³/mol. The lowest BCUT2D eigenvalue weighted by Gasteiger charge is -2.29. The molecule has 0 atom stereocenters. The molecule has 416 valence electrons. The SMILES string of the molecule is C.C.C.CNc1ccc(Oc2ccnc(NC(=O)CN3CCC3)c2)cc1N.Cn1c(Nc2ccc(C(F)(F)F)c(F)c2)nc2cc(Oc3ccnc(NC(=O)CN4CCC4)c3)ccc21.Fc1cc(N=C=S)ccc1C(F)(F)F. The Kier molecular flexibility index (Phi) is 22.1. The lowest BCUT2D eigenvalue weighted by molar-refractivity contribution is -0.140. The number of ether oxygens (including phenoxy) is 2. The first-order valence-electron chi connectivity index (χ1n) is 22.7. The van der Waals surface area contributed by atoms with Gasteiger partial charge in [-0.2, -0.15) is 31.3 Å². The lowest BCUT2D eigenvalue weighted by Crippen LogP contribution is -2.42. The lowest BCUT2D eigenvalue weighted by atomic mass is 10.2. The Balaban J connectivity index is 0.000000275. The van der Waals surface area contributed by atoms with Crippen molar-refractivity contribution in [2.45, 2.75) is 47.5 Å². The molecule has 16 nitrogen and oxygen atoms in total. The van der Waals surface area contributed by atoms with Crippen LogP contribution in [0.4, 0.5) is 75.5 Å². The minimum atomic E-state index is -4.77. The summed E-state index contributed by atoms with van der Waals surface area (Å²) in [6.45, 7) is 4.51. The molecule has 7 aromatic rings. The summed E-state index contributed by atoms with van der Waals surface area (Å²) in [6.07, 6.45) is -4.08. The Hall–Kier alpha value is -8.25. The number of alkyl halides is 6. The third kappa shape index (κ3) is 17.1. The van der Waals surface area contributed by atoms with Crippen molar-refractivity contribution in [3.8, 4) is 23.0 Å². The number of halogens is 8. The van der Waals surface area contributed by atoms with E-state index in [0.29, 0.717) is 83.1 Å². The van der Waals surface area contributed by atoms with E-state index in [9.17, 15) is 44.7 Å². The van der Waals surface area contributed by atoms with E-state index in [1.54, 1.807) is 66.3 Å². The number of anilines is 6. The molecule has 2 aliphatic heterocycles. The Morgan fingerprint density at radius 3 is 1.65 bits per heavy atom. The molecule has 5 heterocycles. The molecule has 0 saturated carbocycles. The minimum absolute atomic E-state index is 0. The van der Waals surface area contributed by atoms with E-state index in [0.717, 1.165) is 68.4 Å². The van der Waals surface area contributed by atoms with Crippen molar-refractivity contribution in [3.63, 3.8) is 0 Å². The van der Waals surface area contributed by atoms with Gasteiger partial charge in [0.05, 0.1) is 57.5 Å². The molecule has 0 radical (unpaired) electrons. The van der Waals surface area contributed by atoms with Crippen LogP contribution in [0.3, 0.4) is 0 Å². The zero-order valence-corrected chi connectivity index (χ0v) is 40.6. The summed E-state index contributed by atoms with van der Waals surface area (Å²) in [7, 11) is 3.53. The van der Waals surface area contributed by atoms with Gasteiger partial charge in [-0.05, 0) is 118 Å². The number of nitrogen functional groups attached to an aromatic ring is 1. The number of amides is 2. The largest absolute Gasteiger partial charge is 0.457 e. The number of pyridine rings is 2. The van der Waals surface area contributed by atoms with Crippen molar-refractivity contribution in [2.24, 2.45) is 12.0 Å². The average Bonchev–Trinajstić information content (AvgIpc) is 3.62. The van der Waals surface area contributed by atoms with Crippen molar-refractivity contribution >= 4 is 80.6 Å². The molecule has 2 amide bonds. The molecule has 6 N–H and O–H groups in total. The first-order chi connectivity index (χ1) is 35.7. The number of imidazole rings is 1. The third-order valence-corrected chi connectivity index (χ3v) is 11.3. The van der Waals surface area contributed by atoms with Gasteiger partial charge in [-0.1, -0.05) is 22.3 Å². The van der Waals surface area contributed by atoms with Crippen LogP contribution in [0.2, 0.25) is 0 Å². The van der Waals surface area contributed by atoms with Gasteiger partial charge in [0.1, 0.15) is 46.3 Å². The number of likely N-dealkylation sites (tertiary alicyclic amines) is 2. The van der Waals surface area contributed by atoms with Gasteiger partial charge in [0.2, 0.25) is 17.8 Å². The molecule has 2 aliphatic rings. The van der Waals surface area contributed by atoms with Crippen LogP contribution in [-0.2, 0) is 29.0 Å². The van der Waals surface area contributed by atoms with Crippen LogP contribution in [0.25, 0.3) is 11.0 Å². The van der Waals surface area contributed by atoms with Crippen LogP contribution in [0, 0.1) is 11.6 Å². The Morgan fingerprint density at radius 1 is 0.692 bits per heavy atom. The Bertz CT molecular complexity index is 3220. The van der Waals surface area contributed by atoms with Gasteiger partial charge in [0.15, 0.2) is 0 Å². The second-order valence-corrected chi connectivity index (χ2v) is 16.8. The molecule has 78 heavy (non-hydrogen) atoms. The highest BCUT2D eigenvalue weighted by Gasteiger charge is 2.35. The quantitative estimate of drug-likeness (QED) is 0.0300. The summed E-state index contributed by atoms with van der Waals surface area (Å²) < 4.78 is 115. The molecule has 2 saturated heterocycles. The molecule has 25 heteroatoms. The maximum atomic E-state index is 14.0. The summed E-state index contributed by atoms with van der Waals surface area (Å²) >= 11 is 4.22. The molecule has 9 rings (SSSR count). The number of aliphatic imine (C=N–C) groups is 1. The van der Waals surface area contributed by atoms with Crippen LogP contribution >= 0.6 is 12.2 Å². The first-order valence-corrected chi connectivity index (χ1v) is 23.1. The maximum Gasteiger partial charge on any atom is 0.419 e. The highest BCUT2D eigenvalue weighted by atomic mass is 32.1. The van der Waals surface area contributed by atoms with Crippen molar-refractivity contribution in [3.05, 3.63) is 132 Å². The normalized spacial score (nSPS) is 12.8. The molecule has 3 aromatic heterocycles. The summed E-state index contributed by atoms with van der Waals surface area (Å²) in [5, 5.41) is 13.3. The van der Waals surface area contributed by atoms with Gasteiger partial charge in [0, 0.05) is 62.5 Å². The van der Waals surface area contributed by atoms with E-state index in [1.165, 1.54) is 6.20 Å². The number of isothiocyanates is 1. The number of hydrogen-bond donors (Lipinski definition) is 5. The number of rotatable bonds is 14. The fourth-order valence-corrected chi connectivity index (χ4v) is 7.31. The van der Waals surface area contributed by atoms with E-state index in [-0.39, 0.29) is 45.5 Å². The second kappa shape index (κ2) is 27.7. The number of nitrogens with one attached hydrogen (secondary N) is 4. The number of fused-ring (bicyclic) bond motifs is 1. The molecule has 0 unspecified atom stereocenters. The van der Waals surface area contributed by atoms with E-state index < -0.39 is 35.1 Å². The van der Waals surface area contributed by atoms with Crippen molar-refractivity contribution in [1.82, 2.24) is 29.3 Å². The molecule has 2 fully saturated rings. The Morgan fingerprint density at radius 2 is 1.19 bits per heavy atom. The number of carbonyl (C=O) groups is 2. The van der Waals surface area contributed by atoms with Crippen LogP contribution in [0.5, 0.6) is 23.0 Å². The fourth-order valence-electron chi connectivity index (χ4n) is 7.20. The number of hydrogen-bond acceptors (Lipinski definition) is 14. The smallest absolute Gasteiger partial charge is 0.419 e. The van der Waals surface area contributed by atoms with E-state index in [4.69, 9.17) is 15.2 Å². The van der Waals surface area contributed by atoms with Gasteiger partial charge in [-0.3, -0.25) is 19.4 Å². The van der Waals surface area contributed by atoms with Crippen LogP contribution in [0.15, 0.2) is 114 Å². The third-order valence-electron chi connectivity index (χ3n) is 11.2. The van der Waals surface area contributed by atoms with Crippen LogP contribution < -0.4 is 36.5 Å². The van der Waals surface area contributed by atoms with Crippen molar-refractivity contribution in [2.75, 3.05) is 73.3 Å². The average molecular weight is 1110 g/mol. The molecular weight excluding hydrogens is 1050 g/mol. The van der Waals surface area contributed by atoms with E-state index in [2.05, 4.69) is 58.3 Å². The molecule has 4 aromatic carbocycles. The second-order valence-electron chi connectivity index (χ2n) is 16.6.